The number of ketones is 2. The quantitative estimate of drug-likeness (QED) is 0.601. The van der Waals surface area contributed by atoms with Crippen LogP contribution in [0.4, 0.5) is 0 Å². The summed E-state index contributed by atoms with van der Waals surface area (Å²) < 4.78 is 5.01. The van der Waals surface area contributed by atoms with E-state index in [9.17, 15) is 19.8 Å². The van der Waals surface area contributed by atoms with Gasteiger partial charge in [0, 0.05) is 5.56 Å². The van der Waals surface area contributed by atoms with E-state index in [0.29, 0.717) is 5.56 Å². The van der Waals surface area contributed by atoms with Crippen molar-refractivity contribution in [1.82, 2.24) is 0 Å². The molecule has 1 aliphatic carbocycles. The lowest BCUT2D eigenvalue weighted by molar-refractivity contribution is -0.0858. The van der Waals surface area contributed by atoms with Crippen LogP contribution in [0.1, 0.15) is 46.0 Å². The van der Waals surface area contributed by atoms with Gasteiger partial charge in [0.1, 0.15) is 5.75 Å². The zero-order valence-corrected chi connectivity index (χ0v) is 10.4. The van der Waals surface area contributed by atoms with Crippen molar-refractivity contribution >= 4 is 11.6 Å². The van der Waals surface area contributed by atoms with Gasteiger partial charge >= 0.3 is 0 Å². The van der Waals surface area contributed by atoms with Crippen molar-refractivity contribution in [1.29, 1.82) is 0 Å². The Balaban J connectivity index is 2.81. The van der Waals surface area contributed by atoms with E-state index in [2.05, 4.69) is 0 Å². The third-order valence-corrected chi connectivity index (χ3v) is 3.13. The van der Waals surface area contributed by atoms with E-state index < -0.39 is 17.4 Å². The number of hydrogen-bond donors (Lipinski definition) is 2. The molecule has 0 bridgehead atoms. The lowest BCUT2D eigenvalue weighted by Gasteiger charge is -2.12. The minimum absolute atomic E-state index is 0.0182. The zero-order chi connectivity index (χ0) is 13.7. The molecule has 96 valence electrons. The van der Waals surface area contributed by atoms with Crippen LogP contribution in [-0.4, -0.2) is 34.7 Å². The fourth-order valence-corrected chi connectivity index (χ4v) is 2.17. The Morgan fingerprint density at radius 3 is 2.17 bits per heavy atom. The average Bonchev–Trinajstić information content (AvgIpc) is 2.50. The van der Waals surface area contributed by atoms with Crippen molar-refractivity contribution in [3.8, 4) is 5.75 Å². The van der Waals surface area contributed by atoms with E-state index in [1.165, 1.54) is 7.11 Å². The van der Waals surface area contributed by atoms with E-state index in [-0.39, 0.29) is 22.8 Å². The Hall–Kier alpha value is -1.72. The van der Waals surface area contributed by atoms with Gasteiger partial charge in [-0.3, -0.25) is 9.59 Å². The number of rotatable bonds is 2. The van der Waals surface area contributed by atoms with Gasteiger partial charge in [-0.25, -0.2) is 0 Å². The molecule has 1 aromatic rings. The predicted octanol–water partition coefficient (Wildman–Crippen LogP) is 0.878. The molecule has 0 amide bonds. The highest BCUT2D eigenvalue weighted by Gasteiger charge is 2.53. The van der Waals surface area contributed by atoms with E-state index >= 15 is 0 Å². The molecule has 18 heavy (non-hydrogen) atoms. The molecule has 1 aliphatic rings. The van der Waals surface area contributed by atoms with E-state index in [4.69, 9.17) is 4.74 Å². The molecule has 5 nitrogen and oxygen atoms in total. The number of carbonyl (C=O) groups is 2. The highest BCUT2D eigenvalue weighted by Crippen LogP contribution is 2.39. The first kappa shape index (κ1) is 12.7. The number of carbonyl (C=O) groups excluding carboxylic acids is 2. The van der Waals surface area contributed by atoms with Gasteiger partial charge in [-0.05, 0) is 17.5 Å². The van der Waals surface area contributed by atoms with Crippen molar-refractivity contribution in [2.45, 2.75) is 25.6 Å². The molecule has 0 saturated carbocycles. The smallest absolute Gasteiger partial charge is 0.295 e. The Bertz CT molecular complexity index is 543. The number of ether oxygens (including phenoxy) is 1. The van der Waals surface area contributed by atoms with Gasteiger partial charge in [0.15, 0.2) is 0 Å². The molecule has 1 aromatic carbocycles. The minimum Gasteiger partial charge on any atom is -0.496 e. The van der Waals surface area contributed by atoms with Gasteiger partial charge in [-0.15, -0.1) is 0 Å². The van der Waals surface area contributed by atoms with Crippen LogP contribution in [0.25, 0.3) is 0 Å². The Morgan fingerprint density at radius 2 is 1.67 bits per heavy atom. The Kier molecular flexibility index (Phi) is 2.76. The number of aliphatic hydroxyl groups is 2. The van der Waals surface area contributed by atoms with Gasteiger partial charge < -0.3 is 14.9 Å². The zero-order valence-electron chi connectivity index (χ0n) is 10.4. The maximum atomic E-state index is 11.9. The number of methoxy groups -OCH3 is 1. The van der Waals surface area contributed by atoms with Crippen LogP contribution in [0, 0.1) is 0 Å². The van der Waals surface area contributed by atoms with Crippen LogP contribution < -0.4 is 4.74 Å². The van der Waals surface area contributed by atoms with E-state index in [1.807, 2.05) is 13.8 Å². The van der Waals surface area contributed by atoms with Crippen LogP contribution in [0.15, 0.2) is 12.1 Å². The van der Waals surface area contributed by atoms with E-state index in [1.54, 1.807) is 12.1 Å². The summed E-state index contributed by atoms with van der Waals surface area (Å²) in [7, 11) is 1.36. The third kappa shape index (κ3) is 1.48. The second-order valence-corrected chi connectivity index (χ2v) is 4.59. The van der Waals surface area contributed by atoms with Gasteiger partial charge in [0.05, 0.1) is 12.7 Å². The van der Waals surface area contributed by atoms with Crippen LogP contribution in [0.5, 0.6) is 5.75 Å². The molecule has 2 N–H and O–H groups in total. The molecule has 0 unspecified atom stereocenters. The molecular weight excluding hydrogens is 236 g/mol. The fourth-order valence-electron chi connectivity index (χ4n) is 2.17. The average molecular weight is 250 g/mol. The standard InChI is InChI=1S/C13H14O5/c1-6(2)7-4-5-8(18-3)10-9(7)11(14)13(16,17)12(10)15/h4-6,16-17H,1-3H3. The molecule has 0 radical (unpaired) electrons. The molecule has 0 saturated heterocycles. The molecule has 0 aromatic heterocycles. The normalized spacial score (nSPS) is 17.2. The molecule has 2 rings (SSSR count). The van der Waals surface area contributed by atoms with Crippen LogP contribution in [-0.2, 0) is 0 Å². The number of benzene rings is 1. The largest absolute Gasteiger partial charge is 0.496 e. The Morgan fingerprint density at radius 1 is 1.11 bits per heavy atom. The van der Waals surface area contributed by atoms with Crippen molar-refractivity contribution in [3.63, 3.8) is 0 Å². The second-order valence-electron chi connectivity index (χ2n) is 4.59. The highest BCUT2D eigenvalue weighted by molar-refractivity contribution is 6.32. The fraction of sp³-hybridized carbons (Fsp3) is 0.385. The second kappa shape index (κ2) is 3.90. The molecular formula is C13H14O5. The summed E-state index contributed by atoms with van der Waals surface area (Å²) >= 11 is 0. The van der Waals surface area contributed by atoms with Gasteiger partial charge in [0.2, 0.25) is 11.6 Å². The summed E-state index contributed by atoms with van der Waals surface area (Å²) in [5.74, 6) is -4.82. The number of fused-ring (bicyclic) bond motifs is 1. The molecule has 5 heteroatoms. The Labute approximate surface area is 104 Å². The highest BCUT2D eigenvalue weighted by atomic mass is 16.5. The van der Waals surface area contributed by atoms with E-state index in [0.717, 1.165) is 0 Å². The molecule has 0 aliphatic heterocycles. The van der Waals surface area contributed by atoms with Crippen LogP contribution in [0.3, 0.4) is 0 Å². The molecule has 0 heterocycles. The van der Waals surface area contributed by atoms with Crippen LogP contribution >= 0.6 is 0 Å². The maximum Gasteiger partial charge on any atom is 0.295 e. The first-order chi connectivity index (χ1) is 8.32. The first-order valence-corrected chi connectivity index (χ1v) is 5.57. The summed E-state index contributed by atoms with van der Waals surface area (Å²) in [5.41, 5.74) is 0.618. The molecule has 0 atom stereocenters. The van der Waals surface area contributed by atoms with Gasteiger partial charge in [-0.2, -0.15) is 0 Å². The summed E-state index contributed by atoms with van der Waals surface area (Å²) in [6, 6.07) is 3.22. The topological polar surface area (TPSA) is 83.8 Å². The molecule has 0 spiro atoms. The summed E-state index contributed by atoms with van der Waals surface area (Å²) in [5, 5.41) is 19.2. The lowest BCUT2D eigenvalue weighted by atomic mass is 9.93. The SMILES string of the molecule is COc1ccc(C(C)C)c2c1C(=O)C(O)(O)C2=O. The monoisotopic (exact) mass is 250 g/mol. The summed E-state index contributed by atoms with van der Waals surface area (Å²) in [4.78, 5) is 23.8. The van der Waals surface area contributed by atoms with Crippen molar-refractivity contribution < 1.29 is 24.5 Å². The maximum absolute atomic E-state index is 11.9. The summed E-state index contributed by atoms with van der Waals surface area (Å²) in [6.07, 6.45) is 0. The van der Waals surface area contributed by atoms with Gasteiger partial charge in [0.25, 0.3) is 5.79 Å². The number of hydrogen-bond acceptors (Lipinski definition) is 5. The third-order valence-electron chi connectivity index (χ3n) is 3.13. The van der Waals surface area contributed by atoms with Crippen LogP contribution in [0.2, 0.25) is 0 Å². The first-order valence-electron chi connectivity index (χ1n) is 5.57. The van der Waals surface area contributed by atoms with Crippen molar-refractivity contribution in [2.75, 3.05) is 7.11 Å². The number of Topliss-reactive ketones (excluding diaryl/α,β-unsaturated/α-hetero) is 2. The predicted molar refractivity (Wildman–Crippen MR) is 62.9 cm³/mol. The minimum atomic E-state index is -2.97. The van der Waals surface area contributed by atoms with Crippen molar-refractivity contribution in [3.05, 3.63) is 28.8 Å². The lowest BCUT2D eigenvalue weighted by Crippen LogP contribution is -2.40. The van der Waals surface area contributed by atoms with Crippen molar-refractivity contribution in [2.24, 2.45) is 0 Å². The van der Waals surface area contributed by atoms with Gasteiger partial charge in [-0.1, -0.05) is 19.9 Å². The summed E-state index contributed by atoms with van der Waals surface area (Å²) in [6.45, 7) is 3.71. The molecule has 0 fully saturated rings.